The van der Waals surface area contributed by atoms with Crippen molar-refractivity contribution in [3.8, 4) is 11.3 Å². The Labute approximate surface area is 219 Å². The molecular formula is C26H29F4N5O2S. The third kappa shape index (κ3) is 6.41. The number of piperidine rings is 1. The van der Waals surface area contributed by atoms with Crippen LogP contribution in [0.5, 0.6) is 0 Å². The lowest BCUT2D eigenvalue weighted by Gasteiger charge is -2.31. The first-order chi connectivity index (χ1) is 17.8. The number of halogens is 4. The van der Waals surface area contributed by atoms with E-state index in [0.717, 1.165) is 43.7 Å². The fourth-order valence-electron chi connectivity index (χ4n) is 4.39. The van der Waals surface area contributed by atoms with Crippen LogP contribution < -0.4 is 14.9 Å². The van der Waals surface area contributed by atoms with Crippen molar-refractivity contribution in [2.75, 3.05) is 29.8 Å². The fraction of sp³-hybridized carbons (Fsp3) is 0.385. The minimum Gasteiger partial charge on any atom is -0.358 e. The second kappa shape index (κ2) is 10.9. The quantitative estimate of drug-likeness (QED) is 0.391. The van der Waals surface area contributed by atoms with E-state index in [-0.39, 0.29) is 22.4 Å². The molecule has 204 valence electrons. The van der Waals surface area contributed by atoms with E-state index in [4.69, 9.17) is 0 Å². The third-order valence-corrected chi connectivity index (χ3v) is 7.78. The fourth-order valence-corrected chi connectivity index (χ4v) is 5.36. The van der Waals surface area contributed by atoms with Gasteiger partial charge in [-0.2, -0.15) is 21.6 Å². The zero-order chi connectivity index (χ0) is 27.7. The van der Waals surface area contributed by atoms with E-state index in [1.54, 1.807) is 12.1 Å². The molecule has 1 aromatic carbocycles. The highest BCUT2D eigenvalue weighted by Crippen LogP contribution is 2.38. The molecule has 2 aromatic heterocycles. The minimum atomic E-state index is -4.79. The number of aromatic nitrogens is 2. The Morgan fingerprint density at radius 3 is 2.55 bits per heavy atom. The number of alkyl halides is 3. The Balaban J connectivity index is 1.61. The largest absolute Gasteiger partial charge is 0.418 e. The van der Waals surface area contributed by atoms with Gasteiger partial charge in [0.05, 0.1) is 11.3 Å². The molecule has 0 aliphatic carbocycles. The summed E-state index contributed by atoms with van der Waals surface area (Å²) in [5.74, 6) is -0.0459. The third-order valence-electron chi connectivity index (χ3n) is 6.53. The van der Waals surface area contributed by atoms with Crippen molar-refractivity contribution < 1.29 is 26.0 Å². The molecular weight excluding hydrogens is 522 g/mol. The van der Waals surface area contributed by atoms with Crippen LogP contribution in [0.2, 0.25) is 0 Å². The van der Waals surface area contributed by atoms with Crippen LogP contribution in [0.1, 0.15) is 30.9 Å². The molecule has 4 rings (SSSR count). The van der Waals surface area contributed by atoms with Gasteiger partial charge in [-0.1, -0.05) is 19.1 Å². The lowest BCUT2D eigenvalue weighted by molar-refractivity contribution is -0.137. The number of rotatable bonds is 7. The number of pyridine rings is 2. The molecule has 2 atom stereocenters. The molecule has 0 amide bonds. The van der Waals surface area contributed by atoms with Crippen LogP contribution in [-0.2, 0) is 16.2 Å². The highest BCUT2D eigenvalue weighted by atomic mass is 32.2. The van der Waals surface area contributed by atoms with Gasteiger partial charge < -0.3 is 10.2 Å². The number of aryl methyl sites for hydroxylation is 1. The van der Waals surface area contributed by atoms with Gasteiger partial charge in [-0.25, -0.2) is 14.4 Å². The van der Waals surface area contributed by atoms with Gasteiger partial charge >= 0.3 is 6.18 Å². The van der Waals surface area contributed by atoms with Crippen LogP contribution in [0.25, 0.3) is 11.3 Å². The molecule has 0 unspecified atom stereocenters. The molecule has 0 saturated carbocycles. The van der Waals surface area contributed by atoms with E-state index in [1.807, 2.05) is 11.9 Å². The van der Waals surface area contributed by atoms with Crippen LogP contribution in [0.15, 0.2) is 53.6 Å². The molecule has 3 aromatic rings. The van der Waals surface area contributed by atoms with Gasteiger partial charge in [0.2, 0.25) is 0 Å². The number of hydrogen-bond acceptors (Lipinski definition) is 6. The lowest BCUT2D eigenvalue weighted by Crippen LogP contribution is -2.45. The zero-order valence-electron chi connectivity index (χ0n) is 21.2. The minimum absolute atomic E-state index is 0.0918. The van der Waals surface area contributed by atoms with Crippen molar-refractivity contribution in [2.24, 2.45) is 5.92 Å². The first-order valence-electron chi connectivity index (χ1n) is 12.1. The Morgan fingerprint density at radius 2 is 1.87 bits per heavy atom. The number of likely N-dealkylation sites (N-methyl/N-ethyl adjacent to an activating group) is 1. The number of anilines is 2. The van der Waals surface area contributed by atoms with Gasteiger partial charge in [-0.15, -0.1) is 0 Å². The van der Waals surface area contributed by atoms with Gasteiger partial charge in [0, 0.05) is 25.2 Å². The van der Waals surface area contributed by atoms with Crippen LogP contribution in [-0.4, -0.2) is 44.6 Å². The normalized spacial score (nSPS) is 18.3. The predicted molar refractivity (Wildman–Crippen MR) is 138 cm³/mol. The van der Waals surface area contributed by atoms with Crippen molar-refractivity contribution in [3.05, 3.63) is 65.5 Å². The average Bonchev–Trinajstić information content (AvgIpc) is 2.86. The standard InChI is InChI=1S/C26H29F4N5O2S/c1-16-7-10-19(31-14-16)15-35(3)23-5-4-6-24(33-23)38(36,37)34-22-12-11-21(26(28,29)30)25(32-22)20-13-18(27)9-8-17(20)2/h4-6,8-9,11-13,16,19,31H,7,10,14-15H2,1-3H3,(H,32,34)/t16-,19-/m0/s1. The predicted octanol–water partition coefficient (Wildman–Crippen LogP) is 5.24. The van der Waals surface area contributed by atoms with E-state index in [2.05, 4.69) is 26.9 Å². The summed E-state index contributed by atoms with van der Waals surface area (Å²) in [6.45, 7) is 5.25. The van der Waals surface area contributed by atoms with Crippen LogP contribution in [0.3, 0.4) is 0 Å². The summed E-state index contributed by atoms with van der Waals surface area (Å²) in [5.41, 5.74) is -1.43. The van der Waals surface area contributed by atoms with Gasteiger partial charge in [0.15, 0.2) is 5.03 Å². The lowest BCUT2D eigenvalue weighted by atomic mass is 9.96. The summed E-state index contributed by atoms with van der Waals surface area (Å²) in [5, 5.41) is 3.17. The Hall–Kier alpha value is -3.25. The highest BCUT2D eigenvalue weighted by molar-refractivity contribution is 7.92. The van der Waals surface area contributed by atoms with Crippen molar-refractivity contribution in [1.29, 1.82) is 0 Å². The molecule has 1 saturated heterocycles. The maximum Gasteiger partial charge on any atom is 0.418 e. The van der Waals surface area contributed by atoms with Crippen LogP contribution >= 0.6 is 0 Å². The summed E-state index contributed by atoms with van der Waals surface area (Å²) >= 11 is 0. The maximum atomic E-state index is 13.9. The van der Waals surface area contributed by atoms with Gasteiger partial charge in [0.25, 0.3) is 10.0 Å². The van der Waals surface area contributed by atoms with E-state index in [0.29, 0.717) is 23.8 Å². The summed E-state index contributed by atoms with van der Waals surface area (Å²) in [4.78, 5) is 10.1. The highest BCUT2D eigenvalue weighted by Gasteiger charge is 2.35. The molecule has 1 aliphatic rings. The molecule has 7 nitrogen and oxygen atoms in total. The van der Waals surface area contributed by atoms with Crippen molar-refractivity contribution >= 4 is 21.7 Å². The first-order valence-corrected chi connectivity index (χ1v) is 13.6. The molecule has 1 fully saturated rings. The molecule has 0 bridgehead atoms. The average molecular weight is 552 g/mol. The van der Waals surface area contributed by atoms with Crippen molar-refractivity contribution in [1.82, 2.24) is 15.3 Å². The van der Waals surface area contributed by atoms with Crippen LogP contribution in [0, 0.1) is 18.7 Å². The second-order valence-corrected chi connectivity index (χ2v) is 11.3. The zero-order valence-corrected chi connectivity index (χ0v) is 22.0. The van der Waals surface area contributed by atoms with Crippen LogP contribution in [0.4, 0.5) is 29.2 Å². The van der Waals surface area contributed by atoms with Crippen molar-refractivity contribution in [3.63, 3.8) is 0 Å². The molecule has 3 heterocycles. The topological polar surface area (TPSA) is 87.2 Å². The van der Waals surface area contributed by atoms with E-state index < -0.39 is 33.3 Å². The number of hydrogen-bond donors (Lipinski definition) is 2. The maximum absolute atomic E-state index is 13.9. The van der Waals surface area contributed by atoms with E-state index >= 15 is 0 Å². The number of sulfonamides is 1. The summed E-state index contributed by atoms with van der Waals surface area (Å²) in [6, 6.07) is 9.81. The molecule has 2 N–H and O–H groups in total. The SMILES string of the molecule is Cc1ccc(F)cc1-c1nc(NS(=O)(=O)c2cccc(N(C)C[C@@H]3CC[C@H](C)CN3)n2)ccc1C(F)(F)F. The molecule has 12 heteroatoms. The second-order valence-electron chi connectivity index (χ2n) is 9.66. The summed E-state index contributed by atoms with van der Waals surface area (Å²) in [7, 11) is -2.48. The molecule has 1 aliphatic heterocycles. The molecule has 0 spiro atoms. The van der Waals surface area contributed by atoms with E-state index in [9.17, 15) is 26.0 Å². The Morgan fingerprint density at radius 1 is 1.11 bits per heavy atom. The van der Waals surface area contributed by atoms with Gasteiger partial charge in [0.1, 0.15) is 17.5 Å². The smallest absolute Gasteiger partial charge is 0.358 e. The van der Waals surface area contributed by atoms with E-state index in [1.165, 1.54) is 19.1 Å². The summed E-state index contributed by atoms with van der Waals surface area (Å²) in [6.07, 6.45) is -2.68. The number of nitrogens with one attached hydrogen (secondary N) is 2. The monoisotopic (exact) mass is 551 g/mol. The summed E-state index contributed by atoms with van der Waals surface area (Å²) < 4.78 is 83.5. The molecule has 0 radical (unpaired) electrons. The van der Waals surface area contributed by atoms with Crippen molar-refractivity contribution in [2.45, 2.75) is 43.9 Å². The first kappa shape index (κ1) is 27.8. The Bertz CT molecular complexity index is 1410. The Kier molecular flexibility index (Phi) is 7.93. The van der Waals surface area contributed by atoms with Gasteiger partial charge in [-0.3, -0.25) is 4.72 Å². The number of benzene rings is 1. The number of nitrogens with zero attached hydrogens (tertiary/aromatic N) is 3. The molecule has 38 heavy (non-hydrogen) atoms. The van der Waals surface area contributed by atoms with Gasteiger partial charge in [-0.05, 0) is 74.2 Å².